The second kappa shape index (κ2) is 8.50. The molecular formula is C9H18N2O3. The van der Waals surface area contributed by atoms with Gasteiger partial charge in [-0.2, -0.15) is 0 Å². The molecule has 0 spiro atoms. The minimum absolute atomic E-state index is 0.0108. The van der Waals surface area contributed by atoms with Crippen molar-refractivity contribution in [1.29, 1.82) is 0 Å². The highest BCUT2D eigenvalue weighted by molar-refractivity contribution is 5.76. The molecule has 0 aromatic heterocycles. The molecule has 0 unspecified atom stereocenters. The molecule has 14 heavy (non-hydrogen) atoms. The van der Waals surface area contributed by atoms with Gasteiger partial charge in [0.05, 0.1) is 13.2 Å². The number of carbonyl (C=O) groups excluding carboxylic acids is 2. The van der Waals surface area contributed by atoms with Crippen LogP contribution in [0.1, 0.15) is 20.3 Å². The molecule has 0 rings (SSSR count). The zero-order chi connectivity index (χ0) is 10.8. The first kappa shape index (κ1) is 12.9. The molecule has 0 aliphatic rings. The van der Waals surface area contributed by atoms with Crippen LogP contribution in [0.3, 0.4) is 0 Å². The summed E-state index contributed by atoms with van der Waals surface area (Å²) in [5.74, 6) is -0.0108. The van der Waals surface area contributed by atoms with E-state index in [1.54, 1.807) is 0 Å². The SMILES string of the molecule is CC(C)NC(=O)CCOCCNC=O. The van der Waals surface area contributed by atoms with Crippen LogP contribution >= 0.6 is 0 Å². The average molecular weight is 202 g/mol. The highest BCUT2D eigenvalue weighted by Crippen LogP contribution is 1.85. The Labute approximate surface area is 84.2 Å². The van der Waals surface area contributed by atoms with Crippen molar-refractivity contribution >= 4 is 12.3 Å². The Bertz CT molecular complexity index is 171. The summed E-state index contributed by atoms with van der Waals surface area (Å²) in [6.45, 7) is 5.13. The summed E-state index contributed by atoms with van der Waals surface area (Å²) in [6, 6.07) is 0.166. The van der Waals surface area contributed by atoms with E-state index in [1.807, 2.05) is 13.8 Å². The van der Waals surface area contributed by atoms with E-state index < -0.39 is 0 Å². The van der Waals surface area contributed by atoms with Crippen LogP contribution in [-0.4, -0.2) is 38.1 Å². The minimum Gasteiger partial charge on any atom is -0.379 e. The molecule has 0 aliphatic heterocycles. The predicted octanol–water partition coefficient (Wildman–Crippen LogP) is -0.336. The molecule has 0 fully saturated rings. The standard InChI is InChI=1S/C9H18N2O3/c1-8(2)11-9(13)3-5-14-6-4-10-7-12/h7-8H,3-6H2,1-2H3,(H,10,12)(H,11,13). The summed E-state index contributed by atoms with van der Waals surface area (Å²) in [4.78, 5) is 20.9. The van der Waals surface area contributed by atoms with E-state index in [4.69, 9.17) is 4.74 Å². The quantitative estimate of drug-likeness (QED) is 0.418. The highest BCUT2D eigenvalue weighted by atomic mass is 16.5. The van der Waals surface area contributed by atoms with Crippen molar-refractivity contribution < 1.29 is 14.3 Å². The molecule has 5 nitrogen and oxygen atoms in total. The molecule has 0 saturated heterocycles. The lowest BCUT2D eigenvalue weighted by Crippen LogP contribution is -2.31. The van der Waals surface area contributed by atoms with Crippen molar-refractivity contribution in [1.82, 2.24) is 10.6 Å². The summed E-state index contributed by atoms with van der Waals surface area (Å²) in [6.07, 6.45) is 0.980. The first-order chi connectivity index (χ1) is 6.66. The Morgan fingerprint density at radius 3 is 2.71 bits per heavy atom. The molecule has 82 valence electrons. The van der Waals surface area contributed by atoms with Gasteiger partial charge in [-0.1, -0.05) is 0 Å². The van der Waals surface area contributed by atoms with Gasteiger partial charge in [0.1, 0.15) is 0 Å². The molecular weight excluding hydrogens is 184 g/mol. The molecule has 0 aromatic carbocycles. The topological polar surface area (TPSA) is 67.4 Å². The van der Waals surface area contributed by atoms with Gasteiger partial charge in [0, 0.05) is 19.0 Å². The normalized spacial score (nSPS) is 9.93. The summed E-state index contributed by atoms with van der Waals surface area (Å²) < 4.78 is 5.11. The van der Waals surface area contributed by atoms with E-state index in [-0.39, 0.29) is 11.9 Å². The van der Waals surface area contributed by atoms with Gasteiger partial charge in [0.2, 0.25) is 12.3 Å². The van der Waals surface area contributed by atoms with Crippen molar-refractivity contribution in [2.75, 3.05) is 19.8 Å². The van der Waals surface area contributed by atoms with Crippen LogP contribution in [0.4, 0.5) is 0 Å². The Kier molecular flexibility index (Phi) is 7.83. The maximum Gasteiger partial charge on any atom is 0.222 e. The van der Waals surface area contributed by atoms with Crippen LogP contribution in [0.5, 0.6) is 0 Å². The summed E-state index contributed by atoms with van der Waals surface area (Å²) in [5.41, 5.74) is 0. The third-order valence-electron chi connectivity index (χ3n) is 1.40. The Hall–Kier alpha value is -1.10. The molecule has 2 amide bonds. The second-order valence-corrected chi connectivity index (χ2v) is 3.16. The van der Waals surface area contributed by atoms with Gasteiger partial charge in [-0.25, -0.2) is 0 Å². The minimum atomic E-state index is -0.0108. The number of ether oxygens (including phenoxy) is 1. The lowest BCUT2D eigenvalue weighted by Gasteiger charge is -2.08. The van der Waals surface area contributed by atoms with Gasteiger partial charge >= 0.3 is 0 Å². The van der Waals surface area contributed by atoms with Crippen molar-refractivity contribution in [3.63, 3.8) is 0 Å². The fourth-order valence-corrected chi connectivity index (χ4v) is 0.851. The van der Waals surface area contributed by atoms with Gasteiger partial charge in [0.25, 0.3) is 0 Å². The largest absolute Gasteiger partial charge is 0.379 e. The fraction of sp³-hybridized carbons (Fsp3) is 0.778. The average Bonchev–Trinajstić information content (AvgIpc) is 2.10. The van der Waals surface area contributed by atoms with Gasteiger partial charge in [0.15, 0.2) is 0 Å². The molecule has 0 atom stereocenters. The van der Waals surface area contributed by atoms with E-state index >= 15 is 0 Å². The molecule has 0 aliphatic carbocycles. The number of hydrogen-bond donors (Lipinski definition) is 2. The van der Waals surface area contributed by atoms with Crippen molar-refractivity contribution in [3.05, 3.63) is 0 Å². The molecule has 0 aromatic rings. The zero-order valence-electron chi connectivity index (χ0n) is 8.71. The van der Waals surface area contributed by atoms with Gasteiger partial charge in [-0.3, -0.25) is 9.59 Å². The Morgan fingerprint density at radius 1 is 1.43 bits per heavy atom. The van der Waals surface area contributed by atoms with Crippen molar-refractivity contribution in [2.45, 2.75) is 26.3 Å². The second-order valence-electron chi connectivity index (χ2n) is 3.16. The monoisotopic (exact) mass is 202 g/mol. The first-order valence-corrected chi connectivity index (χ1v) is 4.71. The molecule has 0 bridgehead atoms. The first-order valence-electron chi connectivity index (χ1n) is 4.71. The van der Waals surface area contributed by atoms with E-state index in [0.29, 0.717) is 32.6 Å². The molecule has 0 heterocycles. The maximum absolute atomic E-state index is 11.1. The van der Waals surface area contributed by atoms with Gasteiger partial charge < -0.3 is 15.4 Å². The predicted molar refractivity (Wildman–Crippen MR) is 52.8 cm³/mol. The number of rotatable bonds is 8. The number of hydrogen-bond acceptors (Lipinski definition) is 3. The van der Waals surface area contributed by atoms with Crippen molar-refractivity contribution in [3.8, 4) is 0 Å². The highest BCUT2D eigenvalue weighted by Gasteiger charge is 2.01. The van der Waals surface area contributed by atoms with E-state index in [0.717, 1.165) is 0 Å². The molecule has 5 heteroatoms. The zero-order valence-corrected chi connectivity index (χ0v) is 8.71. The lowest BCUT2D eigenvalue weighted by molar-refractivity contribution is -0.122. The van der Waals surface area contributed by atoms with E-state index in [1.165, 1.54) is 0 Å². The molecule has 0 radical (unpaired) electrons. The van der Waals surface area contributed by atoms with Crippen LogP contribution in [0.2, 0.25) is 0 Å². The number of nitrogens with one attached hydrogen (secondary N) is 2. The lowest BCUT2D eigenvalue weighted by atomic mass is 10.3. The maximum atomic E-state index is 11.1. The van der Waals surface area contributed by atoms with Gasteiger partial charge in [-0.15, -0.1) is 0 Å². The van der Waals surface area contributed by atoms with Crippen LogP contribution in [-0.2, 0) is 14.3 Å². The van der Waals surface area contributed by atoms with Crippen LogP contribution in [0, 0.1) is 0 Å². The van der Waals surface area contributed by atoms with E-state index in [2.05, 4.69) is 10.6 Å². The molecule has 0 saturated carbocycles. The Balaban J connectivity index is 3.19. The van der Waals surface area contributed by atoms with Crippen LogP contribution in [0.15, 0.2) is 0 Å². The summed E-state index contributed by atoms with van der Waals surface area (Å²) in [5, 5.41) is 5.22. The van der Waals surface area contributed by atoms with Crippen LogP contribution in [0.25, 0.3) is 0 Å². The third kappa shape index (κ3) is 8.99. The molecule has 2 N–H and O–H groups in total. The summed E-state index contributed by atoms with van der Waals surface area (Å²) >= 11 is 0. The Morgan fingerprint density at radius 2 is 2.14 bits per heavy atom. The van der Waals surface area contributed by atoms with Gasteiger partial charge in [-0.05, 0) is 13.8 Å². The fourth-order valence-electron chi connectivity index (χ4n) is 0.851. The third-order valence-corrected chi connectivity index (χ3v) is 1.40. The summed E-state index contributed by atoms with van der Waals surface area (Å²) in [7, 11) is 0. The van der Waals surface area contributed by atoms with Crippen molar-refractivity contribution in [2.24, 2.45) is 0 Å². The number of amides is 2. The van der Waals surface area contributed by atoms with Crippen LogP contribution < -0.4 is 10.6 Å². The number of carbonyl (C=O) groups is 2. The van der Waals surface area contributed by atoms with E-state index in [9.17, 15) is 9.59 Å². The smallest absolute Gasteiger partial charge is 0.222 e.